The molecule has 0 aliphatic carbocycles. The fourth-order valence-corrected chi connectivity index (χ4v) is 3.18. The monoisotopic (exact) mass is 124 g/mol. The highest BCUT2D eigenvalue weighted by molar-refractivity contribution is 9.17. The van der Waals surface area contributed by atoms with E-state index >= 15 is 0 Å². The third kappa shape index (κ3) is 0.945. The van der Waals surface area contributed by atoms with Gasteiger partial charge >= 0.3 is 0 Å². The van der Waals surface area contributed by atoms with Crippen LogP contribution in [0.25, 0.3) is 0 Å². The molecule has 0 saturated carbocycles. The molecule has 1 aliphatic rings. The molecule has 1 aliphatic heterocycles. The second-order valence-corrected chi connectivity index (χ2v) is 5.85. The Balaban J connectivity index is 2.08. The van der Waals surface area contributed by atoms with Gasteiger partial charge in [0.15, 0.2) is 0 Å². The first-order valence-corrected chi connectivity index (χ1v) is 4.99. The van der Waals surface area contributed by atoms with Gasteiger partial charge in [0.05, 0.1) is 4.58 Å². The minimum Gasteiger partial charge on any atom is -0.0675 e. The summed E-state index contributed by atoms with van der Waals surface area (Å²) in [5.74, 6) is 0. The molecule has 1 saturated heterocycles. The maximum absolute atomic E-state index is 2.21. The van der Waals surface area contributed by atoms with Crippen molar-refractivity contribution in [2.75, 3.05) is 0 Å². The van der Waals surface area contributed by atoms with E-state index in [0.717, 1.165) is 4.58 Å². The van der Waals surface area contributed by atoms with E-state index in [0.29, 0.717) is 0 Å². The number of hydrogen-bond donors (Lipinski definition) is 0. The maximum atomic E-state index is 2.21. The van der Waals surface area contributed by atoms with Crippen LogP contribution in [0.15, 0.2) is 0 Å². The van der Waals surface area contributed by atoms with Crippen LogP contribution in [0, 0.1) is 0 Å². The molecule has 0 radical (unpaired) electrons. The predicted molar refractivity (Wildman–Crippen MR) is 32.2 cm³/mol. The van der Waals surface area contributed by atoms with Gasteiger partial charge in [0.1, 0.15) is 0 Å². The molecule has 0 bridgehead atoms. The van der Waals surface area contributed by atoms with Crippen molar-refractivity contribution in [1.82, 2.24) is 0 Å². The van der Waals surface area contributed by atoms with E-state index in [9.17, 15) is 0 Å². The summed E-state index contributed by atoms with van der Waals surface area (Å²) < 4.78 is 0.861. The third-order valence-corrected chi connectivity index (χ3v) is 5.97. The zero-order valence-corrected chi connectivity index (χ0v) is 5.25. The lowest BCUT2D eigenvalue weighted by atomic mass is 11.0. The molecule has 1 fully saturated rings. The van der Waals surface area contributed by atoms with Gasteiger partial charge in [-0.3, -0.25) is 0 Å². The Kier molecular flexibility index (Phi) is 1.41. The Morgan fingerprint density at radius 2 is 1.80 bits per heavy atom. The van der Waals surface area contributed by atoms with Crippen LogP contribution in [-0.4, -0.2) is 4.58 Å². The lowest BCUT2D eigenvalue weighted by Crippen LogP contribution is -1.87. The van der Waals surface area contributed by atoms with Gasteiger partial charge in [0.2, 0.25) is 0 Å². The Hall–Kier alpha value is 1.05. The highest BCUT2D eigenvalue weighted by Crippen LogP contribution is 2.55. The molecule has 0 aromatic rings. The van der Waals surface area contributed by atoms with Gasteiger partial charge in [0.25, 0.3) is 0 Å². The molecule has 0 amide bonds. The molecule has 1 heterocycles. The van der Waals surface area contributed by atoms with Crippen molar-refractivity contribution in [3.8, 4) is 0 Å². The summed E-state index contributed by atoms with van der Waals surface area (Å²) in [5.41, 5.74) is 0. The standard InChI is InChI=1S/C2H4S3/c1-2-3-5-4-2/h2H,1H3. The Morgan fingerprint density at radius 1 is 1.40 bits per heavy atom. The minimum atomic E-state index is 0.861. The van der Waals surface area contributed by atoms with Gasteiger partial charge in [-0.25, -0.2) is 0 Å². The molecule has 0 unspecified atom stereocenters. The van der Waals surface area contributed by atoms with Crippen molar-refractivity contribution >= 4 is 31.4 Å². The SMILES string of the molecule is CC1SSS1. The zero-order chi connectivity index (χ0) is 3.70. The summed E-state index contributed by atoms with van der Waals surface area (Å²) in [5, 5.41) is 0. The van der Waals surface area contributed by atoms with E-state index in [1.54, 1.807) is 0 Å². The Bertz CT molecular complexity index is 31.9. The molecular weight excluding hydrogens is 120 g/mol. The molecule has 0 atom stereocenters. The predicted octanol–water partition coefficient (Wildman–Crippen LogP) is 2.38. The van der Waals surface area contributed by atoms with Crippen LogP contribution in [0.2, 0.25) is 0 Å². The fourth-order valence-electron chi connectivity index (χ4n) is 0.118. The van der Waals surface area contributed by atoms with Crippen LogP contribution in [-0.2, 0) is 0 Å². The lowest BCUT2D eigenvalue weighted by Gasteiger charge is -2.15. The van der Waals surface area contributed by atoms with Crippen molar-refractivity contribution in [3.05, 3.63) is 0 Å². The van der Waals surface area contributed by atoms with Crippen molar-refractivity contribution < 1.29 is 0 Å². The molecule has 3 heteroatoms. The van der Waals surface area contributed by atoms with E-state index in [-0.39, 0.29) is 0 Å². The van der Waals surface area contributed by atoms with Crippen LogP contribution >= 0.6 is 31.4 Å². The molecule has 0 aromatic carbocycles. The van der Waals surface area contributed by atoms with Crippen LogP contribution in [0.1, 0.15) is 6.92 Å². The van der Waals surface area contributed by atoms with E-state index in [1.807, 2.05) is 31.4 Å². The van der Waals surface area contributed by atoms with Crippen LogP contribution in [0.5, 0.6) is 0 Å². The quantitative estimate of drug-likeness (QED) is 0.455. The first-order chi connectivity index (χ1) is 2.39. The molecule has 5 heavy (non-hydrogen) atoms. The van der Waals surface area contributed by atoms with E-state index in [4.69, 9.17) is 0 Å². The van der Waals surface area contributed by atoms with Gasteiger partial charge in [0, 0.05) is 0 Å². The zero-order valence-electron chi connectivity index (χ0n) is 2.80. The summed E-state index contributed by atoms with van der Waals surface area (Å²) in [7, 11) is 5.76. The topological polar surface area (TPSA) is 0 Å². The van der Waals surface area contributed by atoms with Gasteiger partial charge in [-0.2, -0.15) is 0 Å². The fraction of sp³-hybridized carbons (Fsp3) is 1.00. The van der Waals surface area contributed by atoms with Crippen LogP contribution in [0.4, 0.5) is 0 Å². The largest absolute Gasteiger partial charge is 0.0697 e. The smallest absolute Gasteiger partial charge is 0.0675 e. The normalized spacial score (nSPS) is 25.8. The summed E-state index contributed by atoms with van der Waals surface area (Å²) in [6.07, 6.45) is 0. The first kappa shape index (κ1) is 4.22. The van der Waals surface area contributed by atoms with Crippen molar-refractivity contribution in [3.63, 3.8) is 0 Å². The van der Waals surface area contributed by atoms with E-state index in [1.165, 1.54) is 0 Å². The van der Waals surface area contributed by atoms with E-state index in [2.05, 4.69) is 6.92 Å². The summed E-state index contributed by atoms with van der Waals surface area (Å²) in [4.78, 5) is 0. The second-order valence-electron chi connectivity index (χ2n) is 0.828. The maximum Gasteiger partial charge on any atom is 0.0697 e. The highest BCUT2D eigenvalue weighted by Gasteiger charge is 2.12. The van der Waals surface area contributed by atoms with Gasteiger partial charge in [-0.15, -0.1) is 0 Å². The number of rotatable bonds is 0. The Morgan fingerprint density at radius 3 is 1.80 bits per heavy atom. The highest BCUT2D eigenvalue weighted by atomic mass is 33.5. The van der Waals surface area contributed by atoms with Crippen molar-refractivity contribution in [2.24, 2.45) is 0 Å². The summed E-state index contributed by atoms with van der Waals surface area (Å²) in [6.45, 7) is 2.21. The summed E-state index contributed by atoms with van der Waals surface area (Å²) in [6, 6.07) is 0. The van der Waals surface area contributed by atoms with Crippen LogP contribution in [0.3, 0.4) is 0 Å². The molecule has 30 valence electrons. The van der Waals surface area contributed by atoms with E-state index < -0.39 is 0 Å². The lowest BCUT2D eigenvalue weighted by molar-refractivity contribution is 1.44. The average Bonchev–Trinajstić information content (AvgIpc) is 1.30. The molecule has 1 rings (SSSR count). The van der Waals surface area contributed by atoms with Crippen molar-refractivity contribution in [1.29, 1.82) is 0 Å². The first-order valence-electron chi connectivity index (χ1n) is 1.38. The Labute approximate surface area is 43.3 Å². The van der Waals surface area contributed by atoms with Crippen molar-refractivity contribution in [2.45, 2.75) is 11.5 Å². The molecule has 0 nitrogen and oxygen atoms in total. The summed E-state index contributed by atoms with van der Waals surface area (Å²) >= 11 is 0. The third-order valence-electron chi connectivity index (χ3n) is 0.350. The molecule has 0 spiro atoms. The average molecular weight is 124 g/mol. The van der Waals surface area contributed by atoms with Crippen LogP contribution < -0.4 is 0 Å². The second kappa shape index (κ2) is 1.67. The van der Waals surface area contributed by atoms with Gasteiger partial charge < -0.3 is 0 Å². The minimum absolute atomic E-state index is 0.861. The molecule has 0 N–H and O–H groups in total. The van der Waals surface area contributed by atoms with Gasteiger partial charge in [-0.05, 0) is 16.7 Å². The molecular formula is C2H4S3. The molecule has 0 aromatic heterocycles. The van der Waals surface area contributed by atoms with Gasteiger partial charge in [-0.1, -0.05) is 21.6 Å². The number of hydrogen-bond acceptors (Lipinski definition) is 3.